The number of likely N-dealkylation sites (tertiary alicyclic amines) is 1. The number of rotatable bonds is 9. The van der Waals surface area contributed by atoms with Gasteiger partial charge in [0, 0.05) is 6.54 Å². The molecule has 1 aliphatic rings. The van der Waals surface area contributed by atoms with Crippen LogP contribution in [0.15, 0.2) is 0 Å². The topological polar surface area (TPSA) is 199 Å². The molecule has 0 saturated carbocycles. The second kappa shape index (κ2) is 9.99. The lowest BCUT2D eigenvalue weighted by Gasteiger charge is -2.29. The quantitative estimate of drug-likeness (QED) is 0.236. The number of carboxylic acid groups (broad SMARTS) is 2. The second-order valence-corrected chi connectivity index (χ2v) is 6.69. The van der Waals surface area contributed by atoms with E-state index in [1.807, 2.05) is 0 Å². The van der Waals surface area contributed by atoms with Crippen LogP contribution in [-0.4, -0.2) is 86.7 Å². The average molecular weight is 402 g/mol. The number of carbonyl (C=O) groups excluding carboxylic acids is 3. The van der Waals surface area contributed by atoms with Crippen molar-refractivity contribution in [3.63, 3.8) is 0 Å². The van der Waals surface area contributed by atoms with E-state index in [2.05, 4.69) is 10.6 Å². The molecule has 28 heavy (non-hydrogen) atoms. The van der Waals surface area contributed by atoms with E-state index in [1.54, 1.807) is 0 Å². The normalized spacial score (nSPS) is 20.6. The van der Waals surface area contributed by atoms with Gasteiger partial charge in [-0.3, -0.25) is 24.0 Å². The van der Waals surface area contributed by atoms with Crippen molar-refractivity contribution in [2.75, 3.05) is 6.54 Å². The van der Waals surface area contributed by atoms with Crippen molar-refractivity contribution in [2.24, 2.45) is 5.73 Å². The van der Waals surface area contributed by atoms with E-state index in [1.165, 1.54) is 13.8 Å². The van der Waals surface area contributed by atoms with Gasteiger partial charge in [-0.25, -0.2) is 0 Å². The maximum atomic E-state index is 12.6. The minimum absolute atomic E-state index is 0.200. The molecule has 12 nitrogen and oxygen atoms in total. The minimum Gasteiger partial charge on any atom is -0.481 e. The van der Waals surface area contributed by atoms with E-state index in [0.717, 1.165) is 4.90 Å². The molecule has 1 heterocycles. The number of aliphatic hydroxyl groups is 1. The lowest BCUT2D eigenvalue weighted by Crippen LogP contribution is -2.59. The predicted molar refractivity (Wildman–Crippen MR) is 93.8 cm³/mol. The van der Waals surface area contributed by atoms with Gasteiger partial charge in [-0.2, -0.15) is 0 Å². The van der Waals surface area contributed by atoms with Crippen molar-refractivity contribution in [1.82, 2.24) is 15.5 Å². The number of aliphatic hydroxyl groups excluding tert-OH is 1. The molecule has 0 aliphatic carbocycles. The summed E-state index contributed by atoms with van der Waals surface area (Å²) in [5, 5.41) is 31.9. The van der Waals surface area contributed by atoms with Gasteiger partial charge in [0.2, 0.25) is 17.7 Å². The van der Waals surface area contributed by atoms with Crippen LogP contribution in [0.25, 0.3) is 0 Å². The lowest BCUT2D eigenvalue weighted by molar-refractivity contribution is -0.145. The van der Waals surface area contributed by atoms with Crippen LogP contribution in [0.3, 0.4) is 0 Å². The molecule has 1 aliphatic heterocycles. The van der Waals surface area contributed by atoms with Crippen LogP contribution >= 0.6 is 0 Å². The molecule has 12 heteroatoms. The van der Waals surface area contributed by atoms with Gasteiger partial charge in [-0.15, -0.1) is 0 Å². The van der Waals surface area contributed by atoms with Gasteiger partial charge in [0.05, 0.1) is 18.6 Å². The first kappa shape index (κ1) is 23.3. The van der Waals surface area contributed by atoms with Gasteiger partial charge in [0.1, 0.15) is 18.1 Å². The summed E-state index contributed by atoms with van der Waals surface area (Å²) in [6, 6.07) is -4.94. The number of hydrogen-bond acceptors (Lipinski definition) is 7. The Labute approximate surface area is 161 Å². The highest BCUT2D eigenvalue weighted by Gasteiger charge is 2.38. The molecule has 158 valence electrons. The third-order valence-electron chi connectivity index (χ3n) is 4.34. The van der Waals surface area contributed by atoms with Crippen LogP contribution in [0, 0.1) is 0 Å². The van der Waals surface area contributed by atoms with E-state index >= 15 is 0 Å². The largest absolute Gasteiger partial charge is 0.481 e. The van der Waals surface area contributed by atoms with Crippen LogP contribution in [0.4, 0.5) is 0 Å². The van der Waals surface area contributed by atoms with Gasteiger partial charge in [-0.05, 0) is 26.7 Å². The summed E-state index contributed by atoms with van der Waals surface area (Å²) in [5.74, 6) is -4.85. The summed E-state index contributed by atoms with van der Waals surface area (Å²) in [7, 11) is 0. The van der Waals surface area contributed by atoms with Gasteiger partial charge in [-0.1, -0.05) is 0 Å². The van der Waals surface area contributed by atoms with Gasteiger partial charge < -0.3 is 36.6 Å². The van der Waals surface area contributed by atoms with E-state index in [0.29, 0.717) is 6.42 Å². The SMILES string of the molecule is CC(NC(=O)C(NC(=O)C1CCCN1C(=O)C(N)CC(=O)O)C(C)O)C(=O)O. The van der Waals surface area contributed by atoms with E-state index in [-0.39, 0.29) is 13.0 Å². The summed E-state index contributed by atoms with van der Waals surface area (Å²) in [4.78, 5) is 59.8. The molecule has 0 bridgehead atoms. The number of hydrogen-bond donors (Lipinski definition) is 6. The molecule has 0 spiro atoms. The van der Waals surface area contributed by atoms with E-state index in [4.69, 9.17) is 15.9 Å². The van der Waals surface area contributed by atoms with Crippen LogP contribution in [0.2, 0.25) is 0 Å². The van der Waals surface area contributed by atoms with Crippen molar-refractivity contribution in [3.8, 4) is 0 Å². The van der Waals surface area contributed by atoms with Crippen LogP contribution in [0.5, 0.6) is 0 Å². The molecule has 0 radical (unpaired) electrons. The smallest absolute Gasteiger partial charge is 0.325 e. The minimum atomic E-state index is -1.43. The summed E-state index contributed by atoms with van der Waals surface area (Å²) in [6.07, 6.45) is -1.16. The fourth-order valence-electron chi connectivity index (χ4n) is 2.81. The number of nitrogens with zero attached hydrogens (tertiary/aromatic N) is 1. The lowest BCUT2D eigenvalue weighted by atomic mass is 10.1. The number of amides is 3. The fraction of sp³-hybridized carbons (Fsp3) is 0.688. The zero-order chi connectivity index (χ0) is 21.6. The fourth-order valence-corrected chi connectivity index (χ4v) is 2.81. The Bertz CT molecular complexity index is 638. The summed E-state index contributed by atoms with van der Waals surface area (Å²) >= 11 is 0. The average Bonchev–Trinajstić information content (AvgIpc) is 3.07. The molecule has 5 unspecified atom stereocenters. The zero-order valence-corrected chi connectivity index (χ0v) is 15.6. The first-order chi connectivity index (χ1) is 13.0. The first-order valence-electron chi connectivity index (χ1n) is 8.75. The third-order valence-corrected chi connectivity index (χ3v) is 4.34. The van der Waals surface area contributed by atoms with Crippen LogP contribution in [-0.2, 0) is 24.0 Å². The molecule has 0 aromatic rings. The maximum Gasteiger partial charge on any atom is 0.325 e. The van der Waals surface area contributed by atoms with Crippen molar-refractivity contribution in [1.29, 1.82) is 0 Å². The molecule has 1 fully saturated rings. The Morgan fingerprint density at radius 3 is 2.25 bits per heavy atom. The zero-order valence-electron chi connectivity index (χ0n) is 15.6. The molecule has 0 aromatic carbocycles. The molecule has 7 N–H and O–H groups in total. The molecular formula is C16H26N4O8. The summed E-state index contributed by atoms with van der Waals surface area (Å²) < 4.78 is 0. The molecule has 5 atom stereocenters. The highest BCUT2D eigenvalue weighted by Crippen LogP contribution is 2.19. The number of carbonyl (C=O) groups is 5. The molecule has 0 aromatic heterocycles. The monoisotopic (exact) mass is 402 g/mol. The Kier molecular flexibility index (Phi) is 8.32. The number of aliphatic carboxylic acids is 2. The summed E-state index contributed by atoms with van der Waals surface area (Å²) in [5.41, 5.74) is 5.58. The Balaban J connectivity index is 2.83. The number of nitrogens with two attached hydrogens (primary N) is 1. The van der Waals surface area contributed by atoms with Crippen molar-refractivity contribution in [3.05, 3.63) is 0 Å². The van der Waals surface area contributed by atoms with Crippen molar-refractivity contribution < 1.29 is 39.3 Å². The maximum absolute atomic E-state index is 12.6. The van der Waals surface area contributed by atoms with Crippen molar-refractivity contribution in [2.45, 2.75) is 63.4 Å². The Morgan fingerprint density at radius 2 is 1.75 bits per heavy atom. The highest BCUT2D eigenvalue weighted by molar-refractivity contribution is 5.95. The molecular weight excluding hydrogens is 376 g/mol. The number of nitrogens with one attached hydrogen (secondary N) is 2. The second-order valence-electron chi connectivity index (χ2n) is 6.69. The predicted octanol–water partition coefficient (Wildman–Crippen LogP) is -2.77. The van der Waals surface area contributed by atoms with Gasteiger partial charge in [0.15, 0.2) is 0 Å². The van der Waals surface area contributed by atoms with Crippen LogP contribution < -0.4 is 16.4 Å². The third kappa shape index (κ3) is 6.16. The molecule has 1 saturated heterocycles. The summed E-state index contributed by atoms with van der Waals surface area (Å²) in [6.45, 7) is 2.67. The molecule has 3 amide bonds. The first-order valence-corrected chi connectivity index (χ1v) is 8.75. The Morgan fingerprint density at radius 1 is 1.14 bits per heavy atom. The van der Waals surface area contributed by atoms with Crippen molar-refractivity contribution >= 4 is 29.7 Å². The highest BCUT2D eigenvalue weighted by atomic mass is 16.4. The van der Waals surface area contributed by atoms with E-state index < -0.39 is 66.4 Å². The number of carboxylic acids is 2. The standard InChI is InChI=1S/C16H26N4O8/c1-7(16(27)28)18-14(25)12(8(2)21)19-13(24)10-4-3-5-20(10)15(26)9(17)6-11(22)23/h7-10,12,21H,3-6,17H2,1-2H3,(H,18,25)(H,19,24)(H,22,23)(H,27,28). The van der Waals surface area contributed by atoms with Gasteiger partial charge >= 0.3 is 11.9 Å². The van der Waals surface area contributed by atoms with E-state index in [9.17, 15) is 29.1 Å². The van der Waals surface area contributed by atoms with Crippen LogP contribution in [0.1, 0.15) is 33.1 Å². The Hall–Kier alpha value is -2.73. The van der Waals surface area contributed by atoms with Gasteiger partial charge in [0.25, 0.3) is 0 Å². The molecule has 1 rings (SSSR count).